The monoisotopic (exact) mass is 239 g/mol. The molecule has 0 bridgehead atoms. The van der Waals surface area contributed by atoms with E-state index in [9.17, 15) is 4.79 Å². The van der Waals surface area contributed by atoms with Gasteiger partial charge in [-0.3, -0.25) is 4.79 Å². The third-order valence-electron chi connectivity index (χ3n) is 2.63. The van der Waals surface area contributed by atoms with Gasteiger partial charge in [-0.25, -0.2) is 4.98 Å². The van der Waals surface area contributed by atoms with E-state index in [1.165, 1.54) is 6.39 Å². The Bertz CT molecular complexity index is 668. The summed E-state index contributed by atoms with van der Waals surface area (Å²) < 4.78 is 10.7. The van der Waals surface area contributed by atoms with Crippen LogP contribution < -0.4 is 0 Å². The van der Waals surface area contributed by atoms with E-state index in [0.29, 0.717) is 23.6 Å². The van der Waals surface area contributed by atoms with Gasteiger partial charge in [0.05, 0.1) is 6.20 Å². The van der Waals surface area contributed by atoms with Crippen molar-refractivity contribution in [3.8, 4) is 22.6 Å². The zero-order valence-electron chi connectivity index (χ0n) is 9.37. The Hall–Kier alpha value is -2.62. The number of hydrogen-bond donors (Lipinski definition) is 0. The van der Waals surface area contributed by atoms with Crippen LogP contribution in [-0.4, -0.2) is 11.3 Å². The highest BCUT2D eigenvalue weighted by Crippen LogP contribution is 2.32. The molecule has 2 aromatic heterocycles. The van der Waals surface area contributed by atoms with Crippen molar-refractivity contribution in [3.05, 3.63) is 54.7 Å². The fourth-order valence-corrected chi connectivity index (χ4v) is 1.82. The molecule has 0 saturated heterocycles. The predicted octanol–water partition coefficient (Wildman–Crippen LogP) is 3.41. The Morgan fingerprint density at radius 2 is 1.78 bits per heavy atom. The summed E-state index contributed by atoms with van der Waals surface area (Å²) >= 11 is 0. The lowest BCUT2D eigenvalue weighted by Crippen LogP contribution is -1.81. The van der Waals surface area contributed by atoms with Gasteiger partial charge in [-0.1, -0.05) is 24.3 Å². The third-order valence-corrected chi connectivity index (χ3v) is 2.63. The summed E-state index contributed by atoms with van der Waals surface area (Å²) in [6.45, 7) is 0. The zero-order valence-corrected chi connectivity index (χ0v) is 9.37. The van der Waals surface area contributed by atoms with Crippen LogP contribution in [0.3, 0.4) is 0 Å². The summed E-state index contributed by atoms with van der Waals surface area (Å²) in [6.07, 6.45) is 3.70. The van der Waals surface area contributed by atoms with E-state index in [1.54, 1.807) is 18.3 Å². The first kappa shape index (κ1) is 10.5. The van der Waals surface area contributed by atoms with Crippen molar-refractivity contribution in [2.45, 2.75) is 0 Å². The minimum absolute atomic E-state index is 0.303. The smallest absolute Gasteiger partial charge is 0.185 e. The van der Waals surface area contributed by atoms with Crippen molar-refractivity contribution in [3.63, 3.8) is 0 Å². The SMILES string of the molecule is O=Cc1ccc(-c2ccccc2-c2cnco2)o1. The van der Waals surface area contributed by atoms with Gasteiger partial charge in [0.15, 0.2) is 24.2 Å². The standard InChI is InChI=1S/C14H9NO3/c16-8-10-5-6-13(18-10)11-3-1-2-4-12(11)14-7-15-9-17-14/h1-9H. The molecule has 0 spiro atoms. The molecular weight excluding hydrogens is 230 g/mol. The van der Waals surface area contributed by atoms with E-state index in [2.05, 4.69) is 4.98 Å². The number of oxazole rings is 1. The normalized spacial score (nSPS) is 10.4. The summed E-state index contributed by atoms with van der Waals surface area (Å²) in [7, 11) is 0. The first-order valence-electron chi connectivity index (χ1n) is 5.42. The van der Waals surface area contributed by atoms with Gasteiger partial charge in [0, 0.05) is 11.1 Å². The molecule has 3 aromatic rings. The highest BCUT2D eigenvalue weighted by molar-refractivity contribution is 5.80. The molecule has 2 heterocycles. The number of rotatable bonds is 3. The molecule has 1 aromatic carbocycles. The van der Waals surface area contributed by atoms with E-state index in [-0.39, 0.29) is 0 Å². The molecule has 0 atom stereocenters. The molecule has 0 N–H and O–H groups in total. The van der Waals surface area contributed by atoms with Gasteiger partial charge >= 0.3 is 0 Å². The Labute approximate surface area is 103 Å². The molecule has 4 heteroatoms. The minimum atomic E-state index is 0.303. The first-order valence-corrected chi connectivity index (χ1v) is 5.42. The van der Waals surface area contributed by atoms with Crippen LogP contribution >= 0.6 is 0 Å². The maximum atomic E-state index is 10.6. The van der Waals surface area contributed by atoms with Crippen molar-refractivity contribution in [1.29, 1.82) is 0 Å². The van der Waals surface area contributed by atoms with Crippen molar-refractivity contribution >= 4 is 6.29 Å². The highest BCUT2D eigenvalue weighted by Gasteiger charge is 2.12. The highest BCUT2D eigenvalue weighted by atomic mass is 16.3. The number of aldehydes is 1. The molecule has 0 aliphatic rings. The van der Waals surface area contributed by atoms with Gasteiger partial charge in [-0.2, -0.15) is 0 Å². The number of hydrogen-bond acceptors (Lipinski definition) is 4. The Morgan fingerprint density at radius 3 is 2.39 bits per heavy atom. The molecule has 3 rings (SSSR count). The van der Waals surface area contributed by atoms with Crippen molar-refractivity contribution in [2.75, 3.05) is 0 Å². The molecule has 88 valence electrons. The Kier molecular flexibility index (Phi) is 2.53. The van der Waals surface area contributed by atoms with E-state index >= 15 is 0 Å². The number of carbonyl (C=O) groups excluding carboxylic acids is 1. The number of aromatic nitrogens is 1. The zero-order chi connectivity index (χ0) is 12.4. The Morgan fingerprint density at radius 1 is 1.00 bits per heavy atom. The summed E-state index contributed by atoms with van der Waals surface area (Å²) in [5, 5.41) is 0. The number of nitrogens with zero attached hydrogens (tertiary/aromatic N) is 1. The van der Waals surface area contributed by atoms with Gasteiger partial charge < -0.3 is 8.83 Å². The van der Waals surface area contributed by atoms with Crippen LogP contribution in [0, 0.1) is 0 Å². The summed E-state index contributed by atoms with van der Waals surface area (Å²) in [5.41, 5.74) is 1.74. The Balaban J connectivity index is 2.15. The summed E-state index contributed by atoms with van der Waals surface area (Å²) in [4.78, 5) is 14.5. The lowest BCUT2D eigenvalue weighted by molar-refractivity contribution is 0.110. The molecule has 0 saturated carbocycles. The van der Waals surface area contributed by atoms with Gasteiger partial charge in [0.1, 0.15) is 5.76 Å². The molecule has 0 amide bonds. The maximum absolute atomic E-state index is 10.6. The van der Waals surface area contributed by atoms with Crippen LogP contribution in [0.5, 0.6) is 0 Å². The van der Waals surface area contributed by atoms with Crippen molar-refractivity contribution in [2.24, 2.45) is 0 Å². The average molecular weight is 239 g/mol. The van der Waals surface area contributed by atoms with Crippen molar-refractivity contribution in [1.82, 2.24) is 4.98 Å². The second-order valence-corrected chi connectivity index (χ2v) is 3.73. The van der Waals surface area contributed by atoms with E-state index < -0.39 is 0 Å². The first-order chi connectivity index (χ1) is 8.88. The average Bonchev–Trinajstić information content (AvgIpc) is 3.10. The summed E-state index contributed by atoms with van der Waals surface area (Å²) in [5.74, 6) is 1.59. The molecule has 0 fully saturated rings. The van der Waals surface area contributed by atoms with Gasteiger partial charge in [-0.05, 0) is 12.1 Å². The summed E-state index contributed by atoms with van der Waals surface area (Å²) in [6, 6.07) is 11.0. The molecule has 4 nitrogen and oxygen atoms in total. The molecule has 0 unspecified atom stereocenters. The van der Waals surface area contributed by atoms with Crippen LogP contribution in [0.4, 0.5) is 0 Å². The largest absolute Gasteiger partial charge is 0.453 e. The van der Waals surface area contributed by atoms with Gasteiger partial charge in [-0.15, -0.1) is 0 Å². The van der Waals surface area contributed by atoms with Crippen LogP contribution in [0.2, 0.25) is 0 Å². The molecule has 18 heavy (non-hydrogen) atoms. The van der Waals surface area contributed by atoms with Crippen LogP contribution in [0.1, 0.15) is 10.6 Å². The van der Waals surface area contributed by atoms with E-state index in [4.69, 9.17) is 8.83 Å². The van der Waals surface area contributed by atoms with Crippen LogP contribution in [0.25, 0.3) is 22.6 Å². The quantitative estimate of drug-likeness (QED) is 0.657. The third kappa shape index (κ3) is 1.73. The lowest BCUT2D eigenvalue weighted by atomic mass is 10.0. The van der Waals surface area contributed by atoms with E-state index in [1.807, 2.05) is 24.3 Å². The fraction of sp³-hybridized carbons (Fsp3) is 0. The van der Waals surface area contributed by atoms with Crippen LogP contribution in [-0.2, 0) is 0 Å². The number of benzene rings is 1. The lowest BCUT2D eigenvalue weighted by Gasteiger charge is -2.03. The van der Waals surface area contributed by atoms with Gasteiger partial charge in [0.25, 0.3) is 0 Å². The molecule has 0 aliphatic heterocycles. The number of carbonyl (C=O) groups is 1. The molecule has 0 radical (unpaired) electrons. The molecular formula is C14H9NO3. The number of furan rings is 1. The predicted molar refractivity (Wildman–Crippen MR) is 65.0 cm³/mol. The molecule has 0 aliphatic carbocycles. The fourth-order valence-electron chi connectivity index (χ4n) is 1.82. The topological polar surface area (TPSA) is 56.2 Å². The van der Waals surface area contributed by atoms with E-state index in [0.717, 1.165) is 11.1 Å². The second kappa shape index (κ2) is 4.33. The van der Waals surface area contributed by atoms with Crippen LogP contribution in [0.15, 0.2) is 57.8 Å². The minimum Gasteiger partial charge on any atom is -0.453 e. The van der Waals surface area contributed by atoms with Gasteiger partial charge in [0.2, 0.25) is 0 Å². The maximum Gasteiger partial charge on any atom is 0.185 e. The second-order valence-electron chi connectivity index (χ2n) is 3.73. The van der Waals surface area contributed by atoms with Crippen molar-refractivity contribution < 1.29 is 13.6 Å².